The van der Waals surface area contributed by atoms with Crippen LogP contribution >= 0.6 is 0 Å². The van der Waals surface area contributed by atoms with E-state index in [1.54, 1.807) is 4.90 Å². The SMILES string of the molecule is CCN1C[C@H](C(=O)N2C[C@H](O)C[C@@H]2c2cc(F)ccc2F)CC1=O. The Balaban J connectivity index is 1.84. The number of likely N-dealkylation sites (tertiary alicyclic amines) is 2. The highest BCUT2D eigenvalue weighted by atomic mass is 19.1. The molecule has 0 radical (unpaired) electrons. The number of aliphatic hydroxyl groups excluding tert-OH is 1. The van der Waals surface area contributed by atoms with E-state index < -0.39 is 29.7 Å². The molecular formula is C17H20F2N2O3. The summed E-state index contributed by atoms with van der Waals surface area (Å²) >= 11 is 0. The number of hydrogen-bond donors (Lipinski definition) is 1. The maximum absolute atomic E-state index is 14.1. The summed E-state index contributed by atoms with van der Waals surface area (Å²) in [5.41, 5.74) is 0.0663. The van der Waals surface area contributed by atoms with E-state index in [2.05, 4.69) is 0 Å². The maximum atomic E-state index is 14.1. The van der Waals surface area contributed by atoms with Crippen molar-refractivity contribution in [2.45, 2.75) is 31.9 Å². The van der Waals surface area contributed by atoms with Crippen LogP contribution in [0.25, 0.3) is 0 Å². The number of nitrogens with zero attached hydrogens (tertiary/aromatic N) is 2. The van der Waals surface area contributed by atoms with Crippen molar-refractivity contribution in [3.05, 3.63) is 35.4 Å². The minimum atomic E-state index is -0.791. The molecule has 2 heterocycles. The van der Waals surface area contributed by atoms with Crippen LogP contribution in [0.4, 0.5) is 8.78 Å². The summed E-state index contributed by atoms with van der Waals surface area (Å²) < 4.78 is 27.6. The average molecular weight is 338 g/mol. The maximum Gasteiger partial charge on any atom is 0.228 e. The van der Waals surface area contributed by atoms with Gasteiger partial charge in [-0.15, -0.1) is 0 Å². The van der Waals surface area contributed by atoms with E-state index in [9.17, 15) is 23.5 Å². The van der Waals surface area contributed by atoms with Gasteiger partial charge in [0.05, 0.1) is 18.1 Å². The molecule has 3 atom stereocenters. The fourth-order valence-electron chi connectivity index (χ4n) is 3.60. The van der Waals surface area contributed by atoms with Gasteiger partial charge in [0, 0.05) is 31.6 Å². The lowest BCUT2D eigenvalue weighted by Crippen LogP contribution is -2.38. The highest BCUT2D eigenvalue weighted by Crippen LogP contribution is 2.36. The van der Waals surface area contributed by atoms with Crippen molar-refractivity contribution < 1.29 is 23.5 Å². The zero-order chi connectivity index (χ0) is 17.4. The summed E-state index contributed by atoms with van der Waals surface area (Å²) in [6.07, 6.45) is -0.511. The lowest BCUT2D eigenvalue weighted by atomic mass is 10.0. The van der Waals surface area contributed by atoms with E-state index >= 15 is 0 Å². The molecule has 1 aromatic carbocycles. The van der Waals surface area contributed by atoms with Gasteiger partial charge in [-0.3, -0.25) is 9.59 Å². The second kappa shape index (κ2) is 6.47. The third kappa shape index (κ3) is 3.00. The molecular weight excluding hydrogens is 318 g/mol. The molecule has 7 heteroatoms. The Morgan fingerprint density at radius 1 is 1.33 bits per heavy atom. The molecule has 0 saturated carbocycles. The summed E-state index contributed by atoms with van der Waals surface area (Å²) in [5.74, 6) is -2.06. The molecule has 0 aromatic heterocycles. The molecule has 2 amide bonds. The molecule has 0 spiro atoms. The molecule has 2 saturated heterocycles. The van der Waals surface area contributed by atoms with E-state index in [-0.39, 0.29) is 36.8 Å². The normalized spacial score (nSPS) is 27.2. The minimum Gasteiger partial charge on any atom is -0.391 e. The van der Waals surface area contributed by atoms with E-state index in [4.69, 9.17) is 0 Å². The van der Waals surface area contributed by atoms with Crippen LogP contribution in [0.2, 0.25) is 0 Å². The third-order valence-electron chi connectivity index (χ3n) is 4.82. The van der Waals surface area contributed by atoms with Crippen LogP contribution < -0.4 is 0 Å². The zero-order valence-corrected chi connectivity index (χ0v) is 13.4. The van der Waals surface area contributed by atoms with Gasteiger partial charge in [-0.2, -0.15) is 0 Å². The summed E-state index contributed by atoms with van der Waals surface area (Å²) in [6.45, 7) is 2.78. The second-order valence-electron chi connectivity index (χ2n) is 6.40. The molecule has 0 aliphatic carbocycles. The van der Waals surface area contributed by atoms with Gasteiger partial charge in [0.1, 0.15) is 11.6 Å². The molecule has 2 aliphatic heterocycles. The molecule has 2 fully saturated rings. The average Bonchev–Trinajstić information content (AvgIpc) is 3.11. The van der Waals surface area contributed by atoms with Gasteiger partial charge in [0.15, 0.2) is 0 Å². The molecule has 1 aromatic rings. The van der Waals surface area contributed by atoms with Gasteiger partial charge < -0.3 is 14.9 Å². The Hall–Kier alpha value is -2.02. The number of aliphatic hydroxyl groups is 1. The first-order chi connectivity index (χ1) is 11.4. The Bertz CT molecular complexity index is 667. The number of halogens is 2. The molecule has 2 aliphatic rings. The van der Waals surface area contributed by atoms with Gasteiger partial charge in [0.25, 0.3) is 0 Å². The quantitative estimate of drug-likeness (QED) is 0.908. The third-order valence-corrected chi connectivity index (χ3v) is 4.82. The summed E-state index contributed by atoms with van der Waals surface area (Å²) in [4.78, 5) is 27.6. The van der Waals surface area contributed by atoms with Crippen LogP contribution in [-0.4, -0.2) is 52.5 Å². The van der Waals surface area contributed by atoms with Crippen LogP contribution in [0, 0.1) is 17.6 Å². The van der Waals surface area contributed by atoms with Crippen LogP contribution in [0.15, 0.2) is 18.2 Å². The molecule has 0 unspecified atom stereocenters. The second-order valence-corrected chi connectivity index (χ2v) is 6.40. The van der Waals surface area contributed by atoms with Gasteiger partial charge in [0.2, 0.25) is 11.8 Å². The minimum absolute atomic E-state index is 0.0657. The highest BCUT2D eigenvalue weighted by Gasteiger charge is 2.42. The van der Waals surface area contributed by atoms with Crippen molar-refractivity contribution in [3.8, 4) is 0 Å². The zero-order valence-electron chi connectivity index (χ0n) is 13.4. The van der Waals surface area contributed by atoms with Crippen molar-refractivity contribution in [3.63, 3.8) is 0 Å². The topological polar surface area (TPSA) is 60.9 Å². The standard InChI is InChI=1S/C17H20F2N2O3/c1-2-20-8-10(5-16(20)23)17(24)21-9-12(22)7-15(21)13-6-11(18)3-4-14(13)19/h3-4,6,10,12,15,22H,2,5,7-9H2,1H3/t10-,12-,15-/m1/s1. The Kier molecular flexibility index (Phi) is 4.54. The number of rotatable bonds is 3. The molecule has 0 bridgehead atoms. The highest BCUT2D eigenvalue weighted by molar-refractivity contribution is 5.89. The molecule has 130 valence electrons. The molecule has 5 nitrogen and oxygen atoms in total. The van der Waals surface area contributed by atoms with Gasteiger partial charge in [-0.05, 0) is 31.5 Å². The predicted octanol–water partition coefficient (Wildman–Crippen LogP) is 1.47. The van der Waals surface area contributed by atoms with Gasteiger partial charge in [-0.25, -0.2) is 8.78 Å². The molecule has 1 N–H and O–H groups in total. The van der Waals surface area contributed by atoms with Gasteiger partial charge >= 0.3 is 0 Å². The van der Waals surface area contributed by atoms with E-state index in [0.717, 1.165) is 18.2 Å². The number of β-amino-alcohol motifs (C(OH)–C–C–N with tert-alkyl or cyclic N) is 1. The van der Waals surface area contributed by atoms with Crippen molar-refractivity contribution in [2.75, 3.05) is 19.6 Å². The first-order valence-electron chi connectivity index (χ1n) is 8.12. The summed E-state index contributed by atoms with van der Waals surface area (Å²) in [7, 11) is 0. The van der Waals surface area contributed by atoms with E-state index in [1.807, 2.05) is 6.92 Å². The number of carbonyl (C=O) groups is 2. The van der Waals surface area contributed by atoms with Crippen molar-refractivity contribution in [1.82, 2.24) is 9.80 Å². The summed E-state index contributed by atoms with van der Waals surface area (Å²) in [6, 6.07) is 2.39. The monoisotopic (exact) mass is 338 g/mol. The van der Waals surface area contributed by atoms with Crippen LogP contribution in [-0.2, 0) is 9.59 Å². The lowest BCUT2D eigenvalue weighted by molar-refractivity contribution is -0.137. The smallest absolute Gasteiger partial charge is 0.228 e. The van der Waals surface area contributed by atoms with Crippen LogP contribution in [0.1, 0.15) is 31.4 Å². The van der Waals surface area contributed by atoms with E-state index in [0.29, 0.717) is 13.1 Å². The van der Waals surface area contributed by atoms with Crippen molar-refractivity contribution in [2.24, 2.45) is 5.92 Å². The first kappa shape index (κ1) is 16.8. The predicted molar refractivity (Wildman–Crippen MR) is 81.8 cm³/mol. The largest absolute Gasteiger partial charge is 0.391 e. The first-order valence-corrected chi connectivity index (χ1v) is 8.12. The van der Waals surface area contributed by atoms with E-state index in [1.165, 1.54) is 4.90 Å². The van der Waals surface area contributed by atoms with Crippen LogP contribution in [0.3, 0.4) is 0 Å². The van der Waals surface area contributed by atoms with Crippen LogP contribution in [0.5, 0.6) is 0 Å². The Morgan fingerprint density at radius 3 is 2.75 bits per heavy atom. The lowest BCUT2D eigenvalue weighted by Gasteiger charge is -2.27. The number of carbonyl (C=O) groups excluding carboxylic acids is 2. The number of amides is 2. The summed E-state index contributed by atoms with van der Waals surface area (Å²) in [5, 5.41) is 9.95. The number of benzene rings is 1. The fourth-order valence-corrected chi connectivity index (χ4v) is 3.60. The number of hydrogen-bond acceptors (Lipinski definition) is 3. The van der Waals surface area contributed by atoms with Gasteiger partial charge in [-0.1, -0.05) is 0 Å². The Labute approximate surface area is 138 Å². The molecule has 3 rings (SSSR count). The fraction of sp³-hybridized carbons (Fsp3) is 0.529. The van der Waals surface area contributed by atoms with Crippen molar-refractivity contribution in [1.29, 1.82) is 0 Å². The van der Waals surface area contributed by atoms with Crippen molar-refractivity contribution >= 4 is 11.8 Å². The molecule has 24 heavy (non-hydrogen) atoms. The Morgan fingerprint density at radius 2 is 2.08 bits per heavy atom.